The zero-order chi connectivity index (χ0) is 29.6. The van der Waals surface area contributed by atoms with E-state index in [1.54, 1.807) is 42.3 Å². The topological polar surface area (TPSA) is 97.2 Å². The lowest BCUT2D eigenvalue weighted by molar-refractivity contribution is -0.141. The van der Waals surface area contributed by atoms with Crippen molar-refractivity contribution in [2.45, 2.75) is 58.2 Å². The monoisotopic (exact) mass is 569 g/mol. The van der Waals surface area contributed by atoms with Gasteiger partial charge in [0.15, 0.2) is 5.69 Å². The van der Waals surface area contributed by atoms with Crippen molar-refractivity contribution in [3.05, 3.63) is 77.4 Å². The maximum absolute atomic E-state index is 13.5. The molecule has 1 saturated carbocycles. The Labute approximate surface area is 236 Å². The third kappa shape index (κ3) is 7.80. The quantitative estimate of drug-likeness (QED) is 0.341. The lowest BCUT2D eigenvalue weighted by Gasteiger charge is -2.30. The van der Waals surface area contributed by atoms with Gasteiger partial charge >= 0.3 is 6.18 Å². The third-order valence-electron chi connectivity index (χ3n) is 7.39. The number of pyridine rings is 1. The van der Waals surface area contributed by atoms with Crippen LogP contribution in [0.25, 0.3) is 5.69 Å². The minimum Gasteiger partial charge on any atom is -0.352 e. The number of carbonyl (C=O) groups is 3. The molecular weight excluding hydrogens is 535 g/mol. The highest BCUT2D eigenvalue weighted by molar-refractivity contribution is 5.95. The molecule has 8 nitrogen and oxygen atoms in total. The number of nitrogens with zero attached hydrogens (tertiary/aromatic N) is 4. The second-order valence-corrected chi connectivity index (χ2v) is 10.5. The number of ketones is 1. The molecule has 0 atom stereocenters. The molecule has 218 valence electrons. The lowest BCUT2D eigenvalue weighted by Crippen LogP contribution is -2.35. The normalized spacial score (nSPS) is 17.2. The van der Waals surface area contributed by atoms with Gasteiger partial charge in [0.2, 0.25) is 5.91 Å². The van der Waals surface area contributed by atoms with Gasteiger partial charge in [-0.25, -0.2) is 4.68 Å². The highest BCUT2D eigenvalue weighted by Gasteiger charge is 2.39. The number of para-hydroxylation sites is 1. The number of Topliss-reactive ketones (excluding diaryl/α,β-unsaturated/α-hetero) is 1. The predicted octanol–water partition coefficient (Wildman–Crippen LogP) is 5.14. The van der Waals surface area contributed by atoms with Crippen molar-refractivity contribution in [1.82, 2.24) is 25.0 Å². The fraction of sp³-hybridized carbons (Fsp3) is 0.433. The van der Waals surface area contributed by atoms with Crippen LogP contribution < -0.4 is 5.32 Å². The van der Waals surface area contributed by atoms with Crippen molar-refractivity contribution in [3.63, 3.8) is 0 Å². The molecule has 2 amide bonds. The average molecular weight is 570 g/mol. The van der Waals surface area contributed by atoms with E-state index in [1.165, 1.54) is 0 Å². The SMILES string of the molecule is Cc1cccc(CN(C)C(=O)C2CCC(C(=O)CCCNC(=O)c3cn(-c4ccccc4)nc3C(F)(F)F)CC2)n1. The number of aromatic nitrogens is 3. The largest absolute Gasteiger partial charge is 0.435 e. The van der Waals surface area contributed by atoms with Crippen molar-refractivity contribution in [2.75, 3.05) is 13.6 Å². The van der Waals surface area contributed by atoms with Gasteiger partial charge in [0.1, 0.15) is 5.78 Å². The Morgan fingerprint density at radius 2 is 1.68 bits per heavy atom. The Morgan fingerprint density at radius 1 is 1.00 bits per heavy atom. The summed E-state index contributed by atoms with van der Waals surface area (Å²) in [5.74, 6) is -1.07. The minimum atomic E-state index is -4.80. The zero-order valence-corrected chi connectivity index (χ0v) is 23.2. The van der Waals surface area contributed by atoms with Gasteiger partial charge in [-0.3, -0.25) is 19.4 Å². The van der Waals surface area contributed by atoms with Crippen LogP contribution in [0.2, 0.25) is 0 Å². The van der Waals surface area contributed by atoms with Gasteiger partial charge < -0.3 is 10.2 Å². The van der Waals surface area contributed by atoms with Crippen molar-refractivity contribution < 1.29 is 27.6 Å². The van der Waals surface area contributed by atoms with Crippen LogP contribution in [0.4, 0.5) is 13.2 Å². The fourth-order valence-electron chi connectivity index (χ4n) is 5.21. The van der Waals surface area contributed by atoms with Crippen LogP contribution in [-0.4, -0.2) is 50.9 Å². The first-order chi connectivity index (χ1) is 19.5. The molecule has 0 saturated heterocycles. The van der Waals surface area contributed by atoms with Gasteiger partial charge in [0, 0.05) is 43.7 Å². The molecule has 0 radical (unpaired) electrons. The van der Waals surface area contributed by atoms with Gasteiger partial charge in [-0.1, -0.05) is 24.3 Å². The Kier molecular flexibility index (Phi) is 9.57. The Hall–Kier alpha value is -4.02. The van der Waals surface area contributed by atoms with Crippen molar-refractivity contribution >= 4 is 17.6 Å². The minimum absolute atomic E-state index is 0.0512. The zero-order valence-electron chi connectivity index (χ0n) is 23.2. The first-order valence-electron chi connectivity index (χ1n) is 13.7. The van der Waals surface area contributed by atoms with E-state index in [2.05, 4.69) is 15.4 Å². The number of rotatable bonds is 10. The average Bonchev–Trinajstić information content (AvgIpc) is 3.42. The molecule has 1 aromatic carbocycles. The summed E-state index contributed by atoms with van der Waals surface area (Å²) < 4.78 is 41.7. The van der Waals surface area contributed by atoms with E-state index in [9.17, 15) is 27.6 Å². The summed E-state index contributed by atoms with van der Waals surface area (Å²) >= 11 is 0. The molecule has 0 spiro atoms. The van der Waals surface area contributed by atoms with E-state index in [0.717, 1.165) is 22.3 Å². The molecule has 0 bridgehead atoms. The highest BCUT2D eigenvalue weighted by Crippen LogP contribution is 2.32. The Bertz CT molecular complexity index is 1370. The van der Waals surface area contributed by atoms with Crippen LogP contribution in [0.15, 0.2) is 54.7 Å². The van der Waals surface area contributed by atoms with E-state index in [0.29, 0.717) is 44.3 Å². The molecule has 11 heteroatoms. The molecule has 0 aliphatic heterocycles. The number of benzene rings is 1. The number of halogens is 3. The summed E-state index contributed by atoms with van der Waals surface area (Å²) in [5.41, 5.74) is 0.290. The molecule has 3 aromatic rings. The summed E-state index contributed by atoms with van der Waals surface area (Å²) in [6.45, 7) is 2.40. The molecule has 41 heavy (non-hydrogen) atoms. The van der Waals surface area contributed by atoms with Gasteiger partial charge in [0.05, 0.1) is 23.5 Å². The molecular formula is C30H34F3N5O3. The smallest absolute Gasteiger partial charge is 0.352 e. The predicted molar refractivity (Wildman–Crippen MR) is 146 cm³/mol. The van der Waals surface area contributed by atoms with Gasteiger partial charge in [0.25, 0.3) is 5.91 Å². The summed E-state index contributed by atoms with van der Waals surface area (Å²) in [6, 6.07) is 13.9. The van der Waals surface area contributed by atoms with Crippen LogP contribution in [0, 0.1) is 18.8 Å². The molecule has 1 aliphatic rings. The van der Waals surface area contributed by atoms with Crippen LogP contribution in [0.5, 0.6) is 0 Å². The molecule has 2 heterocycles. The summed E-state index contributed by atoms with van der Waals surface area (Å²) in [6.07, 6.45) is -0.728. The molecule has 1 fully saturated rings. The highest BCUT2D eigenvalue weighted by atomic mass is 19.4. The molecule has 2 aromatic heterocycles. The van der Waals surface area contributed by atoms with Crippen LogP contribution >= 0.6 is 0 Å². The number of hydrogen-bond donors (Lipinski definition) is 1. The number of aryl methyl sites for hydroxylation is 1. The van der Waals surface area contributed by atoms with E-state index < -0.39 is 23.3 Å². The molecule has 1 aliphatic carbocycles. The Balaban J connectivity index is 1.22. The number of carbonyl (C=O) groups excluding carboxylic acids is 3. The first kappa shape index (κ1) is 30.0. The summed E-state index contributed by atoms with van der Waals surface area (Å²) in [4.78, 5) is 44.4. The number of hydrogen-bond acceptors (Lipinski definition) is 5. The van der Waals surface area contributed by atoms with Crippen molar-refractivity contribution in [1.29, 1.82) is 0 Å². The maximum Gasteiger partial charge on any atom is 0.435 e. The second kappa shape index (κ2) is 13.1. The van der Waals surface area contributed by atoms with Crippen LogP contribution in [0.1, 0.15) is 66.0 Å². The van der Waals surface area contributed by atoms with E-state index in [4.69, 9.17) is 0 Å². The Morgan fingerprint density at radius 3 is 2.34 bits per heavy atom. The second-order valence-electron chi connectivity index (χ2n) is 10.5. The molecule has 0 unspecified atom stereocenters. The van der Waals surface area contributed by atoms with E-state index >= 15 is 0 Å². The van der Waals surface area contributed by atoms with Crippen molar-refractivity contribution in [2.24, 2.45) is 11.8 Å². The van der Waals surface area contributed by atoms with Gasteiger partial charge in [-0.05, 0) is 63.3 Å². The maximum atomic E-state index is 13.5. The number of nitrogens with one attached hydrogen (secondary N) is 1. The number of alkyl halides is 3. The summed E-state index contributed by atoms with van der Waals surface area (Å²) in [5, 5.41) is 6.08. The standard InChI is InChI=1S/C30H34F3N5O3/c1-20-8-6-9-23(35-20)18-37(2)29(41)22-15-13-21(14-16-22)26(39)12-7-17-34-28(40)25-19-38(24-10-4-3-5-11-24)36-27(25)30(31,32)33/h3-6,8-11,19,21-22H,7,12-18H2,1-2H3,(H,34,40). The fourth-order valence-corrected chi connectivity index (χ4v) is 5.21. The molecule has 4 rings (SSSR count). The van der Waals surface area contributed by atoms with E-state index in [-0.39, 0.29) is 36.5 Å². The third-order valence-corrected chi connectivity index (χ3v) is 7.39. The summed E-state index contributed by atoms with van der Waals surface area (Å²) in [7, 11) is 1.77. The molecule has 1 N–H and O–H groups in total. The van der Waals surface area contributed by atoms with Gasteiger partial charge in [-0.15, -0.1) is 0 Å². The van der Waals surface area contributed by atoms with Crippen molar-refractivity contribution in [3.8, 4) is 5.69 Å². The first-order valence-corrected chi connectivity index (χ1v) is 13.7. The number of amides is 2. The van der Waals surface area contributed by atoms with Gasteiger partial charge in [-0.2, -0.15) is 18.3 Å². The van der Waals surface area contributed by atoms with Crippen LogP contribution in [-0.2, 0) is 22.3 Å². The van der Waals surface area contributed by atoms with Crippen LogP contribution in [0.3, 0.4) is 0 Å². The lowest BCUT2D eigenvalue weighted by atomic mass is 9.78. The van der Waals surface area contributed by atoms with E-state index in [1.807, 2.05) is 25.1 Å².